The largest absolute Gasteiger partial charge is 0.421 e. The molecule has 1 N–H and O–H groups in total. The lowest BCUT2D eigenvalue weighted by molar-refractivity contribution is -0.258. The van der Waals surface area contributed by atoms with E-state index in [1.165, 1.54) is 59.1 Å². The molecule has 0 saturated carbocycles. The van der Waals surface area contributed by atoms with E-state index in [0.29, 0.717) is 18.9 Å². The molecular weight excluding hydrogens is 377 g/mol. The zero-order valence-corrected chi connectivity index (χ0v) is 15.9. The molecule has 0 saturated heterocycles. The lowest BCUT2D eigenvalue weighted by Gasteiger charge is -2.27. The van der Waals surface area contributed by atoms with Crippen LogP contribution in [0.5, 0.6) is 0 Å². The Morgan fingerprint density at radius 2 is 1.82 bits per heavy atom. The third-order valence-electron chi connectivity index (χ3n) is 4.45. The van der Waals surface area contributed by atoms with E-state index in [4.69, 9.17) is 0 Å². The van der Waals surface area contributed by atoms with E-state index in [0.717, 1.165) is 0 Å². The SMILES string of the molecule is CN(Cc1ccc(C(C)(O)C(F)(F)F)cc1)C(=O)c1c(N(C)C=O)ncn1C. The van der Waals surface area contributed by atoms with Gasteiger partial charge in [0.2, 0.25) is 6.41 Å². The molecule has 0 aliphatic rings. The first kappa shape index (κ1) is 21.4. The third-order valence-corrected chi connectivity index (χ3v) is 4.45. The molecule has 1 heterocycles. The maximum absolute atomic E-state index is 12.9. The summed E-state index contributed by atoms with van der Waals surface area (Å²) in [5, 5.41) is 9.71. The van der Waals surface area contributed by atoms with Crippen LogP contribution < -0.4 is 4.90 Å². The Hall–Kier alpha value is -2.88. The summed E-state index contributed by atoms with van der Waals surface area (Å²) in [6.45, 7) is 0.799. The van der Waals surface area contributed by atoms with E-state index in [-0.39, 0.29) is 23.6 Å². The summed E-state index contributed by atoms with van der Waals surface area (Å²) >= 11 is 0. The number of anilines is 1. The van der Waals surface area contributed by atoms with E-state index < -0.39 is 17.7 Å². The van der Waals surface area contributed by atoms with Crippen LogP contribution in [0, 0.1) is 0 Å². The molecule has 1 aromatic heterocycles. The van der Waals surface area contributed by atoms with Crippen molar-refractivity contribution in [3.8, 4) is 0 Å². The highest BCUT2D eigenvalue weighted by Crippen LogP contribution is 2.38. The van der Waals surface area contributed by atoms with Crippen LogP contribution in [0.15, 0.2) is 30.6 Å². The molecule has 0 aliphatic heterocycles. The normalized spacial score (nSPS) is 13.7. The van der Waals surface area contributed by atoms with Crippen LogP contribution in [0.2, 0.25) is 0 Å². The Labute approximate surface area is 160 Å². The van der Waals surface area contributed by atoms with Gasteiger partial charge in [0.05, 0.1) is 6.33 Å². The highest BCUT2D eigenvalue weighted by molar-refractivity contribution is 5.99. The van der Waals surface area contributed by atoms with Crippen molar-refractivity contribution in [1.29, 1.82) is 0 Å². The van der Waals surface area contributed by atoms with Crippen molar-refractivity contribution in [2.75, 3.05) is 19.0 Å². The number of alkyl halides is 3. The number of carbonyl (C=O) groups is 2. The number of hydrogen-bond acceptors (Lipinski definition) is 4. The van der Waals surface area contributed by atoms with E-state index in [9.17, 15) is 27.9 Å². The van der Waals surface area contributed by atoms with Gasteiger partial charge < -0.3 is 19.5 Å². The molecule has 28 heavy (non-hydrogen) atoms. The van der Waals surface area contributed by atoms with E-state index in [1.807, 2.05) is 0 Å². The predicted octanol–water partition coefficient (Wildman–Crippen LogP) is 2.05. The fraction of sp³-hybridized carbons (Fsp3) is 0.389. The number of rotatable bonds is 6. The number of benzene rings is 1. The van der Waals surface area contributed by atoms with Gasteiger partial charge in [-0.25, -0.2) is 4.98 Å². The molecule has 2 aromatic rings. The summed E-state index contributed by atoms with van der Waals surface area (Å²) < 4.78 is 40.3. The van der Waals surface area contributed by atoms with Gasteiger partial charge in [-0.15, -0.1) is 0 Å². The molecule has 0 spiro atoms. The molecule has 1 unspecified atom stereocenters. The minimum atomic E-state index is -4.80. The molecule has 7 nitrogen and oxygen atoms in total. The second-order valence-electron chi connectivity index (χ2n) is 6.67. The fourth-order valence-electron chi connectivity index (χ4n) is 2.60. The standard InChI is InChI=1S/C18H21F3N4O3/c1-17(28,18(19,20)21)13-7-5-12(6-8-13)9-23(2)16(27)14-15(25(4)11-26)22-10-24(14)3/h5-8,10-11,28H,9H2,1-4H3. The molecule has 0 radical (unpaired) electrons. The average molecular weight is 398 g/mol. The summed E-state index contributed by atoms with van der Waals surface area (Å²) in [6, 6.07) is 5.19. The van der Waals surface area contributed by atoms with Gasteiger partial charge in [-0.3, -0.25) is 9.59 Å². The van der Waals surface area contributed by atoms with Crippen LogP contribution in [0.25, 0.3) is 0 Å². The first-order valence-corrected chi connectivity index (χ1v) is 8.23. The van der Waals surface area contributed by atoms with E-state index in [1.54, 1.807) is 7.05 Å². The number of amides is 2. The van der Waals surface area contributed by atoms with Crippen molar-refractivity contribution in [2.24, 2.45) is 7.05 Å². The summed E-state index contributed by atoms with van der Waals surface area (Å²) in [7, 11) is 4.61. The number of aryl methyl sites for hydroxylation is 1. The first-order valence-electron chi connectivity index (χ1n) is 8.23. The van der Waals surface area contributed by atoms with Crippen LogP contribution in [0.3, 0.4) is 0 Å². The number of halogens is 3. The number of aromatic nitrogens is 2. The van der Waals surface area contributed by atoms with Crippen LogP contribution in [0.1, 0.15) is 28.5 Å². The van der Waals surface area contributed by atoms with Gasteiger partial charge in [0.1, 0.15) is 0 Å². The molecule has 0 bridgehead atoms. The first-order chi connectivity index (χ1) is 12.9. The molecule has 1 aromatic carbocycles. The molecule has 0 fully saturated rings. The average Bonchev–Trinajstić information content (AvgIpc) is 3.01. The second-order valence-corrected chi connectivity index (χ2v) is 6.67. The maximum Gasteiger partial charge on any atom is 0.421 e. The van der Waals surface area contributed by atoms with Crippen molar-refractivity contribution in [2.45, 2.75) is 25.2 Å². The number of imidazole rings is 1. The van der Waals surface area contributed by atoms with Gasteiger partial charge in [0.15, 0.2) is 17.1 Å². The van der Waals surface area contributed by atoms with Crippen LogP contribution in [0.4, 0.5) is 19.0 Å². The molecule has 10 heteroatoms. The molecule has 2 rings (SSSR count). The molecule has 2 amide bonds. The Balaban J connectivity index is 2.20. The predicted molar refractivity (Wildman–Crippen MR) is 95.5 cm³/mol. The minimum absolute atomic E-state index is 0.114. The zero-order valence-electron chi connectivity index (χ0n) is 15.9. The molecule has 0 aliphatic carbocycles. The quantitative estimate of drug-likeness (QED) is 0.756. The Morgan fingerprint density at radius 3 is 2.32 bits per heavy atom. The van der Waals surface area contributed by atoms with Crippen molar-refractivity contribution in [3.63, 3.8) is 0 Å². The van der Waals surface area contributed by atoms with Gasteiger partial charge in [-0.05, 0) is 18.1 Å². The maximum atomic E-state index is 12.9. The summed E-state index contributed by atoms with van der Waals surface area (Å²) in [5.41, 5.74) is -2.48. The number of carbonyl (C=O) groups excluding carboxylic acids is 2. The smallest absolute Gasteiger partial charge is 0.376 e. The fourth-order valence-corrected chi connectivity index (χ4v) is 2.60. The van der Waals surface area contributed by atoms with E-state index in [2.05, 4.69) is 4.98 Å². The van der Waals surface area contributed by atoms with Crippen LogP contribution >= 0.6 is 0 Å². The highest BCUT2D eigenvalue weighted by atomic mass is 19.4. The Kier molecular flexibility index (Phi) is 5.83. The van der Waals surface area contributed by atoms with Crippen LogP contribution in [-0.4, -0.2) is 52.1 Å². The summed E-state index contributed by atoms with van der Waals surface area (Å²) in [5.74, 6) is -0.207. The Bertz CT molecular complexity index is 860. The Morgan fingerprint density at radius 1 is 1.25 bits per heavy atom. The lowest BCUT2D eigenvalue weighted by Crippen LogP contribution is -2.39. The third kappa shape index (κ3) is 4.01. The molecule has 152 valence electrons. The number of nitrogens with zero attached hydrogens (tertiary/aromatic N) is 4. The van der Waals surface area contributed by atoms with Crippen molar-refractivity contribution in [3.05, 3.63) is 47.4 Å². The topological polar surface area (TPSA) is 78.7 Å². The van der Waals surface area contributed by atoms with Gasteiger partial charge in [0.25, 0.3) is 5.91 Å². The lowest BCUT2D eigenvalue weighted by atomic mass is 9.94. The zero-order chi connectivity index (χ0) is 21.3. The van der Waals surface area contributed by atoms with Crippen LogP contribution in [-0.2, 0) is 24.0 Å². The van der Waals surface area contributed by atoms with Gasteiger partial charge in [-0.1, -0.05) is 24.3 Å². The van der Waals surface area contributed by atoms with Crippen molar-refractivity contribution in [1.82, 2.24) is 14.5 Å². The van der Waals surface area contributed by atoms with E-state index >= 15 is 0 Å². The van der Waals surface area contributed by atoms with Gasteiger partial charge in [-0.2, -0.15) is 13.2 Å². The van der Waals surface area contributed by atoms with Gasteiger partial charge in [0, 0.05) is 27.7 Å². The molecule has 1 atom stereocenters. The van der Waals surface area contributed by atoms with Gasteiger partial charge >= 0.3 is 6.18 Å². The van der Waals surface area contributed by atoms with Crippen molar-refractivity contribution < 1.29 is 27.9 Å². The minimum Gasteiger partial charge on any atom is -0.376 e. The van der Waals surface area contributed by atoms with Crippen molar-refractivity contribution >= 4 is 18.1 Å². The highest BCUT2D eigenvalue weighted by Gasteiger charge is 2.51. The molecular formula is C18H21F3N4O3. The number of hydrogen-bond donors (Lipinski definition) is 1. The summed E-state index contributed by atoms with van der Waals surface area (Å²) in [6.07, 6.45) is -2.86. The summed E-state index contributed by atoms with van der Waals surface area (Å²) in [4.78, 5) is 30.3. The monoisotopic (exact) mass is 398 g/mol. The second kappa shape index (κ2) is 7.63. The number of aliphatic hydroxyl groups is 1.